The van der Waals surface area contributed by atoms with E-state index in [0.717, 1.165) is 44.9 Å². The van der Waals surface area contributed by atoms with Crippen LogP contribution in [0.15, 0.2) is 164 Å². The molecule has 0 bridgehead atoms. The highest BCUT2D eigenvalue weighted by Gasteiger charge is 2.16. The lowest BCUT2D eigenvalue weighted by Crippen LogP contribution is -2.04. The first-order valence-corrected chi connectivity index (χ1v) is 17.9. The quantitative estimate of drug-likeness (QED) is 0.180. The molecular formula is C48H38N2. The Hall–Kier alpha value is -5.86. The Kier molecular flexibility index (Phi) is 7.99. The SMILES string of the molecule is c1ccc2cc(-c3ccc(-c4cc(-c5ccc(C6CCCCC6)cc5)nc(-c5ccc(-c6ccc7ccccc7c6)cn5)c4)cc3)ccc2c1. The fourth-order valence-corrected chi connectivity index (χ4v) is 7.65. The first-order valence-electron chi connectivity index (χ1n) is 17.9. The van der Waals surface area contributed by atoms with Crippen LogP contribution in [0.25, 0.3) is 77.6 Å². The molecule has 1 aliphatic carbocycles. The van der Waals surface area contributed by atoms with Crippen LogP contribution in [-0.2, 0) is 0 Å². The molecule has 0 aliphatic heterocycles. The average Bonchev–Trinajstić information content (AvgIpc) is 3.21. The number of nitrogens with zero attached hydrogens (tertiary/aromatic N) is 2. The Labute approximate surface area is 294 Å². The summed E-state index contributed by atoms with van der Waals surface area (Å²) in [6.07, 6.45) is 8.62. The first-order chi connectivity index (χ1) is 24.7. The van der Waals surface area contributed by atoms with Crippen molar-refractivity contribution in [3.8, 4) is 56.0 Å². The standard InChI is InChI=1S/C48H38N2/c1-2-8-33(9-3-1)36-18-22-39(23-19-36)47-30-45(38-16-14-37(15-17-38)42-24-20-34-10-4-6-12-40(34)28-42)31-48(50-47)46-27-26-44(32-49-46)43-25-21-35-11-5-7-13-41(35)29-43/h4-7,10-33H,1-3,8-9H2. The minimum absolute atomic E-state index is 0.680. The van der Waals surface area contributed by atoms with E-state index in [2.05, 4.69) is 158 Å². The molecule has 0 unspecified atom stereocenters. The maximum Gasteiger partial charge on any atom is 0.0899 e. The molecule has 0 N–H and O–H groups in total. The van der Waals surface area contributed by atoms with Crippen molar-refractivity contribution >= 4 is 21.5 Å². The number of aromatic nitrogens is 2. The van der Waals surface area contributed by atoms with E-state index in [1.165, 1.54) is 70.3 Å². The summed E-state index contributed by atoms with van der Waals surface area (Å²) in [7, 11) is 0. The third-order valence-corrected chi connectivity index (χ3v) is 10.5. The highest BCUT2D eigenvalue weighted by atomic mass is 14.8. The molecule has 240 valence electrons. The number of rotatable bonds is 6. The van der Waals surface area contributed by atoms with Gasteiger partial charge < -0.3 is 0 Å². The van der Waals surface area contributed by atoms with Crippen molar-refractivity contribution in [2.24, 2.45) is 0 Å². The van der Waals surface area contributed by atoms with Crippen molar-refractivity contribution in [2.45, 2.75) is 38.0 Å². The van der Waals surface area contributed by atoms with E-state index in [4.69, 9.17) is 9.97 Å². The van der Waals surface area contributed by atoms with E-state index in [1.807, 2.05) is 6.20 Å². The van der Waals surface area contributed by atoms with Crippen molar-refractivity contribution in [1.82, 2.24) is 9.97 Å². The average molecular weight is 643 g/mol. The van der Waals surface area contributed by atoms with Crippen LogP contribution in [0.2, 0.25) is 0 Å². The van der Waals surface area contributed by atoms with Crippen molar-refractivity contribution in [3.05, 3.63) is 169 Å². The van der Waals surface area contributed by atoms with Crippen molar-refractivity contribution in [2.75, 3.05) is 0 Å². The van der Waals surface area contributed by atoms with Gasteiger partial charge in [0, 0.05) is 17.3 Å². The zero-order chi connectivity index (χ0) is 33.3. The van der Waals surface area contributed by atoms with Crippen LogP contribution in [0.4, 0.5) is 0 Å². The zero-order valence-electron chi connectivity index (χ0n) is 28.1. The Morgan fingerprint density at radius 1 is 0.360 bits per heavy atom. The molecule has 0 amide bonds. The lowest BCUT2D eigenvalue weighted by molar-refractivity contribution is 0.443. The third-order valence-electron chi connectivity index (χ3n) is 10.5. The predicted molar refractivity (Wildman–Crippen MR) is 210 cm³/mol. The molecule has 2 aromatic heterocycles. The van der Waals surface area contributed by atoms with E-state index >= 15 is 0 Å². The fraction of sp³-hybridized carbons (Fsp3) is 0.125. The number of hydrogen-bond donors (Lipinski definition) is 0. The second-order valence-electron chi connectivity index (χ2n) is 13.7. The minimum Gasteiger partial charge on any atom is -0.254 e. The highest BCUT2D eigenvalue weighted by Crippen LogP contribution is 2.36. The van der Waals surface area contributed by atoms with Gasteiger partial charge >= 0.3 is 0 Å². The summed E-state index contributed by atoms with van der Waals surface area (Å²) in [5.74, 6) is 0.680. The number of pyridine rings is 2. The summed E-state index contributed by atoms with van der Waals surface area (Å²) >= 11 is 0. The van der Waals surface area contributed by atoms with Gasteiger partial charge in [0.2, 0.25) is 0 Å². The molecule has 0 atom stereocenters. The third kappa shape index (κ3) is 6.10. The maximum atomic E-state index is 5.22. The van der Waals surface area contributed by atoms with E-state index in [1.54, 1.807) is 0 Å². The van der Waals surface area contributed by atoms with Gasteiger partial charge in [0.05, 0.1) is 17.1 Å². The topological polar surface area (TPSA) is 25.8 Å². The molecule has 2 nitrogen and oxygen atoms in total. The summed E-state index contributed by atoms with van der Waals surface area (Å²) in [4.78, 5) is 10.2. The smallest absolute Gasteiger partial charge is 0.0899 e. The minimum atomic E-state index is 0.680. The monoisotopic (exact) mass is 642 g/mol. The summed E-state index contributed by atoms with van der Waals surface area (Å²) in [5, 5.41) is 4.99. The lowest BCUT2D eigenvalue weighted by atomic mass is 9.84. The second kappa shape index (κ2) is 13.2. The van der Waals surface area contributed by atoms with Crippen LogP contribution in [-0.4, -0.2) is 9.97 Å². The van der Waals surface area contributed by atoms with Gasteiger partial charge in [-0.15, -0.1) is 0 Å². The van der Waals surface area contributed by atoms with E-state index in [9.17, 15) is 0 Å². The maximum absolute atomic E-state index is 5.22. The lowest BCUT2D eigenvalue weighted by Gasteiger charge is -2.22. The molecule has 1 fully saturated rings. The van der Waals surface area contributed by atoms with E-state index in [0.29, 0.717) is 5.92 Å². The Morgan fingerprint density at radius 2 is 0.880 bits per heavy atom. The summed E-state index contributed by atoms with van der Waals surface area (Å²) in [6.45, 7) is 0. The van der Waals surface area contributed by atoms with Crippen molar-refractivity contribution < 1.29 is 0 Å². The van der Waals surface area contributed by atoms with Crippen LogP contribution in [0.3, 0.4) is 0 Å². The summed E-state index contributed by atoms with van der Waals surface area (Å²) in [5.41, 5.74) is 12.3. The van der Waals surface area contributed by atoms with Gasteiger partial charge in [-0.3, -0.25) is 4.98 Å². The van der Waals surface area contributed by atoms with Gasteiger partial charge in [0.15, 0.2) is 0 Å². The molecule has 2 heteroatoms. The van der Waals surface area contributed by atoms with Gasteiger partial charge in [-0.25, -0.2) is 4.98 Å². The van der Waals surface area contributed by atoms with Gasteiger partial charge in [0.1, 0.15) is 0 Å². The second-order valence-corrected chi connectivity index (χ2v) is 13.7. The van der Waals surface area contributed by atoms with Crippen LogP contribution in [0.1, 0.15) is 43.6 Å². The number of benzene rings is 6. The molecule has 0 spiro atoms. The molecule has 2 heterocycles. The van der Waals surface area contributed by atoms with E-state index < -0.39 is 0 Å². The summed E-state index contributed by atoms with van der Waals surface area (Å²) in [6, 6.07) is 57.1. The van der Waals surface area contributed by atoms with Gasteiger partial charge in [0.25, 0.3) is 0 Å². The fourth-order valence-electron chi connectivity index (χ4n) is 7.65. The predicted octanol–water partition coefficient (Wildman–Crippen LogP) is 13.2. The molecule has 0 saturated heterocycles. The van der Waals surface area contributed by atoms with Crippen LogP contribution in [0.5, 0.6) is 0 Å². The molecule has 50 heavy (non-hydrogen) atoms. The van der Waals surface area contributed by atoms with Crippen LogP contribution >= 0.6 is 0 Å². The molecule has 8 aromatic rings. The molecule has 9 rings (SSSR count). The normalized spacial score (nSPS) is 13.5. The molecule has 6 aromatic carbocycles. The van der Waals surface area contributed by atoms with Crippen molar-refractivity contribution in [3.63, 3.8) is 0 Å². The van der Waals surface area contributed by atoms with Crippen LogP contribution < -0.4 is 0 Å². The van der Waals surface area contributed by atoms with Gasteiger partial charge in [-0.2, -0.15) is 0 Å². The van der Waals surface area contributed by atoms with E-state index in [-0.39, 0.29) is 0 Å². The molecular weight excluding hydrogens is 605 g/mol. The number of hydrogen-bond acceptors (Lipinski definition) is 2. The first kappa shape index (κ1) is 30.2. The largest absolute Gasteiger partial charge is 0.254 e. The highest BCUT2D eigenvalue weighted by molar-refractivity contribution is 5.89. The molecule has 1 saturated carbocycles. The zero-order valence-corrected chi connectivity index (χ0v) is 28.1. The van der Waals surface area contributed by atoms with Crippen LogP contribution in [0, 0.1) is 0 Å². The summed E-state index contributed by atoms with van der Waals surface area (Å²) < 4.78 is 0. The Balaban J connectivity index is 1.08. The molecule has 0 radical (unpaired) electrons. The van der Waals surface area contributed by atoms with Gasteiger partial charge in [-0.1, -0.05) is 147 Å². The Morgan fingerprint density at radius 3 is 1.50 bits per heavy atom. The van der Waals surface area contributed by atoms with Gasteiger partial charge in [-0.05, 0) is 104 Å². The molecule has 1 aliphatic rings. The van der Waals surface area contributed by atoms with Crippen molar-refractivity contribution in [1.29, 1.82) is 0 Å². The Bertz CT molecular complexity index is 2290. The number of fused-ring (bicyclic) bond motifs is 2.